The zero-order valence-electron chi connectivity index (χ0n) is 25.5. The van der Waals surface area contributed by atoms with Gasteiger partial charge < -0.3 is 5.11 Å². The minimum Gasteiger partial charge on any atom is -0.393 e. The predicted octanol–water partition coefficient (Wildman–Crippen LogP) is 12.3. The Kier molecular flexibility index (Phi) is 32.0. The lowest BCUT2D eigenvalue weighted by molar-refractivity contribution is 0.147. The van der Waals surface area contributed by atoms with E-state index in [1.54, 1.807) is 0 Å². The first-order valence-electron chi connectivity index (χ1n) is 16.4. The van der Waals surface area contributed by atoms with Crippen LogP contribution in [0.3, 0.4) is 0 Å². The normalized spacial score (nSPS) is 12.9. The number of hydrogen-bond acceptors (Lipinski definition) is 1. The molecule has 218 valence electrons. The van der Waals surface area contributed by atoms with Gasteiger partial charge in [-0.25, -0.2) is 0 Å². The topological polar surface area (TPSA) is 20.2 Å². The van der Waals surface area contributed by atoms with E-state index in [9.17, 15) is 5.11 Å². The van der Waals surface area contributed by atoms with Crippen molar-refractivity contribution in [3.05, 3.63) is 72.9 Å². The molecule has 0 aromatic rings. The van der Waals surface area contributed by atoms with Crippen molar-refractivity contribution in [1.82, 2.24) is 0 Å². The number of aliphatic hydroxyl groups is 1. The number of rotatable bonds is 28. The van der Waals surface area contributed by atoms with Crippen LogP contribution in [-0.4, -0.2) is 11.2 Å². The molecular formula is C37H64O. The molecule has 1 nitrogen and oxygen atoms in total. The standard InChI is InChI=1S/C37H64O/c1-3-5-7-9-11-13-15-17-19-21-23-25-27-29-31-33-35-37(38)36-34-32-30-28-26-24-22-20-18-16-14-12-10-8-6-4-2/h11-14,17-20,23-26,37-38H,3-10,15-16,21-22,27-36H2,1-2H3/b13-11-,14-12-,19-17-,20-18-,25-23-,26-24-. The predicted molar refractivity (Wildman–Crippen MR) is 174 cm³/mol. The number of aliphatic hydroxyl groups excluding tert-OH is 1. The molecule has 0 aliphatic rings. The Morgan fingerprint density at radius 3 is 0.974 bits per heavy atom. The highest BCUT2D eigenvalue weighted by Gasteiger charge is 2.03. The average Bonchev–Trinajstić information content (AvgIpc) is 2.92. The number of unbranched alkanes of at least 4 members (excludes halogenated alkanes) is 12. The van der Waals surface area contributed by atoms with Crippen molar-refractivity contribution in [2.24, 2.45) is 0 Å². The zero-order chi connectivity index (χ0) is 27.6. The van der Waals surface area contributed by atoms with E-state index in [4.69, 9.17) is 0 Å². The van der Waals surface area contributed by atoms with Gasteiger partial charge in [-0.2, -0.15) is 0 Å². The van der Waals surface area contributed by atoms with Gasteiger partial charge in [0.1, 0.15) is 0 Å². The summed E-state index contributed by atoms with van der Waals surface area (Å²) >= 11 is 0. The maximum absolute atomic E-state index is 10.2. The molecule has 0 atom stereocenters. The van der Waals surface area contributed by atoms with Gasteiger partial charge in [-0.05, 0) is 89.9 Å². The van der Waals surface area contributed by atoms with Gasteiger partial charge >= 0.3 is 0 Å². The summed E-state index contributed by atoms with van der Waals surface area (Å²) in [5.74, 6) is 0. The van der Waals surface area contributed by atoms with Crippen molar-refractivity contribution in [2.45, 2.75) is 161 Å². The molecule has 0 amide bonds. The molecule has 0 aromatic heterocycles. The van der Waals surface area contributed by atoms with Gasteiger partial charge in [-0.1, -0.05) is 138 Å². The molecule has 0 aliphatic carbocycles. The Labute approximate surface area is 239 Å². The first-order valence-corrected chi connectivity index (χ1v) is 16.4. The molecule has 0 rings (SSSR count). The van der Waals surface area contributed by atoms with Gasteiger partial charge in [0.05, 0.1) is 6.10 Å². The number of hydrogen-bond donors (Lipinski definition) is 1. The van der Waals surface area contributed by atoms with Crippen molar-refractivity contribution in [3.8, 4) is 0 Å². The van der Waals surface area contributed by atoms with Crippen LogP contribution >= 0.6 is 0 Å². The summed E-state index contributed by atoms with van der Waals surface area (Å²) in [4.78, 5) is 0. The van der Waals surface area contributed by atoms with Gasteiger partial charge in [0.15, 0.2) is 0 Å². The van der Waals surface area contributed by atoms with Crippen LogP contribution in [-0.2, 0) is 0 Å². The van der Waals surface area contributed by atoms with E-state index < -0.39 is 0 Å². The first kappa shape index (κ1) is 36.4. The van der Waals surface area contributed by atoms with Crippen molar-refractivity contribution < 1.29 is 5.11 Å². The zero-order valence-corrected chi connectivity index (χ0v) is 25.5. The molecule has 0 aromatic carbocycles. The largest absolute Gasteiger partial charge is 0.393 e. The second kappa shape index (κ2) is 33.4. The van der Waals surface area contributed by atoms with Gasteiger partial charge in [-0.3, -0.25) is 0 Å². The quantitative estimate of drug-likeness (QED) is 0.0797. The van der Waals surface area contributed by atoms with E-state index in [0.29, 0.717) is 0 Å². The molecule has 0 aliphatic heterocycles. The average molecular weight is 525 g/mol. The fraction of sp³-hybridized carbons (Fsp3) is 0.676. The minimum absolute atomic E-state index is 0.0993. The Bertz CT molecular complexity index is 565. The smallest absolute Gasteiger partial charge is 0.0540 e. The highest BCUT2D eigenvalue weighted by Crippen LogP contribution is 2.13. The van der Waals surface area contributed by atoms with E-state index in [1.807, 2.05) is 0 Å². The SMILES string of the molecule is CCCCC/C=C\C/C=C\C/C=C\CCCCCC(O)CCCCC/C=C\C/C=C\C/C=C\CCCCC. The summed E-state index contributed by atoms with van der Waals surface area (Å²) in [6.07, 6.45) is 53.6. The van der Waals surface area contributed by atoms with Crippen LogP contribution < -0.4 is 0 Å². The van der Waals surface area contributed by atoms with Crippen LogP contribution in [0.4, 0.5) is 0 Å². The van der Waals surface area contributed by atoms with Gasteiger partial charge in [0.2, 0.25) is 0 Å². The lowest BCUT2D eigenvalue weighted by atomic mass is 10.0. The molecule has 0 heterocycles. The van der Waals surface area contributed by atoms with Crippen LogP contribution in [0.1, 0.15) is 155 Å². The van der Waals surface area contributed by atoms with Gasteiger partial charge in [0.25, 0.3) is 0 Å². The van der Waals surface area contributed by atoms with E-state index in [2.05, 4.69) is 86.8 Å². The third-order valence-corrected chi connectivity index (χ3v) is 6.85. The lowest BCUT2D eigenvalue weighted by Gasteiger charge is -2.09. The molecule has 1 heteroatoms. The maximum atomic E-state index is 10.2. The maximum Gasteiger partial charge on any atom is 0.0540 e. The van der Waals surface area contributed by atoms with Crippen molar-refractivity contribution in [3.63, 3.8) is 0 Å². The third kappa shape index (κ3) is 32.4. The molecule has 0 bridgehead atoms. The molecule has 0 saturated heterocycles. The Balaban J connectivity index is 3.42. The second-order valence-electron chi connectivity index (χ2n) is 10.7. The van der Waals surface area contributed by atoms with Crippen LogP contribution in [0.25, 0.3) is 0 Å². The van der Waals surface area contributed by atoms with Gasteiger partial charge in [-0.15, -0.1) is 0 Å². The molecule has 0 saturated carbocycles. The van der Waals surface area contributed by atoms with Crippen molar-refractivity contribution >= 4 is 0 Å². The van der Waals surface area contributed by atoms with Crippen LogP contribution in [0, 0.1) is 0 Å². The fourth-order valence-corrected chi connectivity index (χ4v) is 4.36. The summed E-state index contributed by atoms with van der Waals surface area (Å²) in [5.41, 5.74) is 0. The van der Waals surface area contributed by atoms with Crippen LogP contribution in [0.2, 0.25) is 0 Å². The van der Waals surface area contributed by atoms with Gasteiger partial charge in [0, 0.05) is 0 Å². The number of allylic oxidation sites excluding steroid dienone is 12. The summed E-state index contributed by atoms with van der Waals surface area (Å²) < 4.78 is 0. The fourth-order valence-electron chi connectivity index (χ4n) is 4.36. The first-order chi connectivity index (χ1) is 18.8. The van der Waals surface area contributed by atoms with E-state index >= 15 is 0 Å². The summed E-state index contributed by atoms with van der Waals surface area (Å²) in [6, 6.07) is 0. The third-order valence-electron chi connectivity index (χ3n) is 6.85. The summed E-state index contributed by atoms with van der Waals surface area (Å²) in [5, 5.41) is 10.2. The second-order valence-corrected chi connectivity index (χ2v) is 10.7. The molecule has 0 unspecified atom stereocenters. The van der Waals surface area contributed by atoms with Crippen LogP contribution in [0.5, 0.6) is 0 Å². The molecule has 0 radical (unpaired) electrons. The highest BCUT2D eigenvalue weighted by atomic mass is 16.3. The molecule has 1 N–H and O–H groups in total. The Morgan fingerprint density at radius 1 is 0.368 bits per heavy atom. The molecule has 0 spiro atoms. The molecule has 38 heavy (non-hydrogen) atoms. The van der Waals surface area contributed by atoms with E-state index in [0.717, 1.165) is 51.4 Å². The molecule has 0 fully saturated rings. The molecular weight excluding hydrogens is 460 g/mol. The monoisotopic (exact) mass is 524 g/mol. The van der Waals surface area contributed by atoms with E-state index in [1.165, 1.54) is 89.9 Å². The van der Waals surface area contributed by atoms with Crippen LogP contribution in [0.15, 0.2) is 72.9 Å². The van der Waals surface area contributed by atoms with Crippen molar-refractivity contribution in [1.29, 1.82) is 0 Å². The summed E-state index contributed by atoms with van der Waals surface area (Å²) in [7, 11) is 0. The van der Waals surface area contributed by atoms with Crippen molar-refractivity contribution in [2.75, 3.05) is 0 Å². The van der Waals surface area contributed by atoms with E-state index in [-0.39, 0.29) is 6.10 Å². The Hall–Kier alpha value is -1.60. The highest BCUT2D eigenvalue weighted by molar-refractivity contribution is 4.98. The summed E-state index contributed by atoms with van der Waals surface area (Å²) in [6.45, 7) is 4.51. The lowest BCUT2D eigenvalue weighted by Crippen LogP contribution is -2.05. The Morgan fingerprint density at radius 2 is 0.658 bits per heavy atom. The minimum atomic E-state index is -0.0993.